The van der Waals surface area contributed by atoms with Gasteiger partial charge in [0, 0.05) is 6.54 Å². The fraction of sp³-hybridized carbons (Fsp3) is 0.158. The Morgan fingerprint density at radius 2 is 1.64 bits per heavy atom. The quantitative estimate of drug-likeness (QED) is 0.783. The van der Waals surface area contributed by atoms with Crippen molar-refractivity contribution < 1.29 is 9.47 Å². The predicted octanol–water partition coefficient (Wildman–Crippen LogP) is 4.22. The van der Waals surface area contributed by atoms with Crippen LogP contribution in [0.25, 0.3) is 10.8 Å². The lowest BCUT2D eigenvalue weighted by Crippen LogP contribution is -2.16. The van der Waals surface area contributed by atoms with Crippen LogP contribution in [0.5, 0.6) is 11.5 Å². The van der Waals surface area contributed by atoms with Crippen molar-refractivity contribution in [3.63, 3.8) is 0 Å². The highest BCUT2D eigenvalue weighted by molar-refractivity contribution is 5.85. The molecule has 22 heavy (non-hydrogen) atoms. The minimum absolute atomic E-state index is 0.597. The first-order chi connectivity index (χ1) is 10.9. The van der Waals surface area contributed by atoms with Crippen LogP contribution in [0.2, 0.25) is 0 Å². The molecule has 1 heterocycles. The summed E-state index contributed by atoms with van der Waals surface area (Å²) < 4.78 is 11.4. The largest absolute Gasteiger partial charge is 0.486 e. The van der Waals surface area contributed by atoms with Crippen LogP contribution in [0.15, 0.2) is 60.7 Å². The summed E-state index contributed by atoms with van der Waals surface area (Å²) in [7, 11) is 0. The van der Waals surface area contributed by atoms with Crippen LogP contribution in [0, 0.1) is 0 Å². The first kappa shape index (κ1) is 13.0. The Morgan fingerprint density at radius 1 is 0.818 bits per heavy atom. The molecule has 0 atom stereocenters. The first-order valence-electron chi connectivity index (χ1n) is 7.51. The van der Waals surface area contributed by atoms with Gasteiger partial charge in [-0.25, -0.2) is 0 Å². The molecule has 0 saturated carbocycles. The van der Waals surface area contributed by atoms with Crippen LogP contribution in [0.1, 0.15) is 5.56 Å². The Hall–Kier alpha value is -2.68. The van der Waals surface area contributed by atoms with Crippen molar-refractivity contribution in [1.82, 2.24) is 0 Å². The van der Waals surface area contributed by atoms with E-state index in [9.17, 15) is 0 Å². The van der Waals surface area contributed by atoms with E-state index in [4.69, 9.17) is 9.47 Å². The third-order valence-corrected chi connectivity index (χ3v) is 3.92. The molecular formula is C19H17NO2. The van der Waals surface area contributed by atoms with Crippen molar-refractivity contribution in [3.8, 4) is 11.5 Å². The van der Waals surface area contributed by atoms with Crippen molar-refractivity contribution in [2.24, 2.45) is 0 Å². The Morgan fingerprint density at radius 3 is 2.64 bits per heavy atom. The molecule has 110 valence electrons. The lowest BCUT2D eigenvalue weighted by Gasteiger charge is -2.21. The predicted molar refractivity (Wildman–Crippen MR) is 88.7 cm³/mol. The van der Waals surface area contributed by atoms with Crippen molar-refractivity contribution in [2.45, 2.75) is 6.54 Å². The average molecular weight is 291 g/mol. The van der Waals surface area contributed by atoms with Gasteiger partial charge in [0.1, 0.15) is 13.2 Å². The molecule has 0 aliphatic carbocycles. The summed E-state index contributed by atoms with van der Waals surface area (Å²) >= 11 is 0. The zero-order chi connectivity index (χ0) is 14.8. The zero-order valence-corrected chi connectivity index (χ0v) is 12.2. The number of fused-ring (bicyclic) bond motifs is 2. The maximum atomic E-state index is 5.74. The van der Waals surface area contributed by atoms with Gasteiger partial charge in [0.15, 0.2) is 11.5 Å². The lowest BCUT2D eigenvalue weighted by molar-refractivity contribution is 0.172. The molecule has 0 saturated heterocycles. The summed E-state index contributed by atoms with van der Waals surface area (Å²) in [5.41, 5.74) is 2.25. The average Bonchev–Trinajstić information content (AvgIpc) is 2.60. The topological polar surface area (TPSA) is 30.5 Å². The van der Waals surface area contributed by atoms with Crippen LogP contribution in [0.4, 0.5) is 5.69 Å². The number of hydrogen-bond donors (Lipinski definition) is 1. The van der Waals surface area contributed by atoms with E-state index in [1.807, 2.05) is 18.2 Å². The Balaban J connectivity index is 1.62. The standard InChI is InChI=1S/C19H17NO2/c1-2-8-16-14(5-1)6-3-7-15(16)13-20-17-9-4-10-18-19(17)22-12-11-21-18/h1-10,20H,11-13H2. The molecule has 0 amide bonds. The summed E-state index contributed by atoms with van der Waals surface area (Å²) in [6.07, 6.45) is 0. The highest BCUT2D eigenvalue weighted by atomic mass is 16.6. The first-order valence-corrected chi connectivity index (χ1v) is 7.51. The van der Waals surface area contributed by atoms with E-state index in [0.717, 1.165) is 23.7 Å². The van der Waals surface area contributed by atoms with Gasteiger partial charge in [-0.15, -0.1) is 0 Å². The number of rotatable bonds is 3. The number of anilines is 1. The van der Waals surface area contributed by atoms with Gasteiger partial charge in [0.25, 0.3) is 0 Å². The summed E-state index contributed by atoms with van der Waals surface area (Å²) in [5, 5.41) is 6.01. The maximum Gasteiger partial charge on any atom is 0.184 e. The second-order valence-corrected chi connectivity index (χ2v) is 5.32. The molecule has 1 N–H and O–H groups in total. The third kappa shape index (κ3) is 2.35. The molecule has 3 nitrogen and oxygen atoms in total. The molecule has 1 aliphatic heterocycles. The van der Waals surface area contributed by atoms with E-state index in [0.29, 0.717) is 13.2 Å². The molecule has 0 spiro atoms. The second kappa shape index (κ2) is 5.60. The Kier molecular flexibility index (Phi) is 3.31. The lowest BCUT2D eigenvalue weighted by atomic mass is 10.0. The minimum atomic E-state index is 0.597. The van der Waals surface area contributed by atoms with Gasteiger partial charge >= 0.3 is 0 Å². The normalized spacial score (nSPS) is 13.1. The zero-order valence-electron chi connectivity index (χ0n) is 12.2. The maximum absolute atomic E-state index is 5.74. The van der Waals surface area contributed by atoms with Crippen molar-refractivity contribution in [2.75, 3.05) is 18.5 Å². The highest BCUT2D eigenvalue weighted by Gasteiger charge is 2.15. The van der Waals surface area contributed by atoms with Gasteiger partial charge in [0.05, 0.1) is 5.69 Å². The molecule has 3 heteroatoms. The van der Waals surface area contributed by atoms with Gasteiger partial charge < -0.3 is 14.8 Å². The molecule has 0 bridgehead atoms. The smallest absolute Gasteiger partial charge is 0.184 e. The highest BCUT2D eigenvalue weighted by Crippen LogP contribution is 2.37. The SMILES string of the molecule is c1cc(NCc2cccc3ccccc23)c2c(c1)OCCO2. The monoisotopic (exact) mass is 291 g/mol. The summed E-state index contributed by atoms with van der Waals surface area (Å²) in [4.78, 5) is 0. The van der Waals surface area contributed by atoms with E-state index in [1.54, 1.807) is 0 Å². The molecule has 0 unspecified atom stereocenters. The summed E-state index contributed by atoms with van der Waals surface area (Å²) in [6, 6.07) is 20.8. The number of para-hydroxylation sites is 1. The van der Waals surface area contributed by atoms with Crippen LogP contribution in [-0.2, 0) is 6.54 Å². The van der Waals surface area contributed by atoms with Crippen molar-refractivity contribution in [3.05, 3.63) is 66.2 Å². The summed E-state index contributed by atoms with van der Waals surface area (Å²) in [6.45, 7) is 1.96. The van der Waals surface area contributed by atoms with E-state index in [2.05, 4.69) is 47.8 Å². The Labute approximate surface area is 129 Å². The van der Waals surface area contributed by atoms with Crippen LogP contribution in [0.3, 0.4) is 0 Å². The number of nitrogens with one attached hydrogen (secondary N) is 1. The van der Waals surface area contributed by atoms with E-state index < -0.39 is 0 Å². The number of benzene rings is 3. The molecule has 4 rings (SSSR count). The molecular weight excluding hydrogens is 274 g/mol. The van der Waals surface area contributed by atoms with Crippen LogP contribution < -0.4 is 14.8 Å². The fourth-order valence-electron chi connectivity index (χ4n) is 2.85. The van der Waals surface area contributed by atoms with Gasteiger partial charge in [-0.05, 0) is 28.5 Å². The molecule has 0 radical (unpaired) electrons. The van der Waals surface area contributed by atoms with Crippen molar-refractivity contribution in [1.29, 1.82) is 0 Å². The van der Waals surface area contributed by atoms with Gasteiger partial charge in [0.2, 0.25) is 0 Å². The molecule has 3 aromatic carbocycles. The molecule has 0 aromatic heterocycles. The fourth-order valence-corrected chi connectivity index (χ4v) is 2.85. The van der Waals surface area contributed by atoms with E-state index in [-0.39, 0.29) is 0 Å². The second-order valence-electron chi connectivity index (χ2n) is 5.32. The van der Waals surface area contributed by atoms with E-state index in [1.165, 1.54) is 16.3 Å². The Bertz CT molecular complexity index is 808. The van der Waals surface area contributed by atoms with Crippen LogP contribution >= 0.6 is 0 Å². The third-order valence-electron chi connectivity index (χ3n) is 3.92. The van der Waals surface area contributed by atoms with Gasteiger partial charge in [-0.2, -0.15) is 0 Å². The van der Waals surface area contributed by atoms with E-state index >= 15 is 0 Å². The molecule has 3 aromatic rings. The number of ether oxygens (including phenoxy) is 2. The number of hydrogen-bond acceptors (Lipinski definition) is 3. The van der Waals surface area contributed by atoms with Crippen LogP contribution in [-0.4, -0.2) is 13.2 Å². The molecule has 0 fully saturated rings. The van der Waals surface area contributed by atoms with Gasteiger partial charge in [-0.3, -0.25) is 0 Å². The van der Waals surface area contributed by atoms with Gasteiger partial charge in [-0.1, -0.05) is 48.5 Å². The minimum Gasteiger partial charge on any atom is -0.486 e. The van der Waals surface area contributed by atoms with Crippen molar-refractivity contribution >= 4 is 16.5 Å². The molecule has 1 aliphatic rings. The summed E-state index contributed by atoms with van der Waals surface area (Å²) in [5.74, 6) is 1.63.